The number of likely N-dealkylation sites (tertiary alicyclic amines) is 1. The molecule has 1 fully saturated rings. The summed E-state index contributed by atoms with van der Waals surface area (Å²) in [6.45, 7) is 5.80. The highest BCUT2D eigenvalue weighted by molar-refractivity contribution is 8.00. The molecule has 0 aliphatic carbocycles. The second-order valence-electron chi connectivity index (χ2n) is 2.69. The molecule has 1 N–H and O–H groups in total. The average Bonchev–Trinajstić information content (AvgIpc) is 2.56. The maximum Gasteiger partial charge on any atom is 0.237 e. The molecule has 4 heteroatoms. The third-order valence-corrected chi connectivity index (χ3v) is 2.33. The standard InChI is InChI=1S/C8H14N2OS/c1-2-12-9-7-8(11)10-5-3-4-6-10/h2,9H,1,3-7H2. The lowest BCUT2D eigenvalue weighted by Gasteiger charge is -2.14. The third kappa shape index (κ3) is 2.87. The van der Waals surface area contributed by atoms with Gasteiger partial charge in [0, 0.05) is 13.1 Å². The van der Waals surface area contributed by atoms with Gasteiger partial charge in [-0.25, -0.2) is 0 Å². The van der Waals surface area contributed by atoms with Gasteiger partial charge in [0.15, 0.2) is 0 Å². The van der Waals surface area contributed by atoms with Crippen molar-refractivity contribution in [3.05, 3.63) is 12.0 Å². The second-order valence-corrected chi connectivity index (χ2v) is 3.55. The second kappa shape index (κ2) is 5.22. The van der Waals surface area contributed by atoms with Gasteiger partial charge in [-0.05, 0) is 18.2 Å². The van der Waals surface area contributed by atoms with Crippen molar-refractivity contribution in [1.82, 2.24) is 9.62 Å². The van der Waals surface area contributed by atoms with E-state index in [-0.39, 0.29) is 5.91 Å². The zero-order chi connectivity index (χ0) is 8.81. The van der Waals surface area contributed by atoms with E-state index in [1.807, 2.05) is 4.90 Å². The van der Waals surface area contributed by atoms with E-state index in [4.69, 9.17) is 0 Å². The van der Waals surface area contributed by atoms with Crippen LogP contribution in [0, 0.1) is 0 Å². The van der Waals surface area contributed by atoms with Crippen LogP contribution >= 0.6 is 11.9 Å². The summed E-state index contributed by atoms with van der Waals surface area (Å²) in [5.74, 6) is 0.196. The van der Waals surface area contributed by atoms with Crippen LogP contribution in [0.3, 0.4) is 0 Å². The first kappa shape index (κ1) is 9.61. The minimum Gasteiger partial charge on any atom is -0.342 e. The van der Waals surface area contributed by atoms with E-state index in [2.05, 4.69) is 11.3 Å². The van der Waals surface area contributed by atoms with E-state index >= 15 is 0 Å². The van der Waals surface area contributed by atoms with Crippen molar-refractivity contribution in [2.45, 2.75) is 12.8 Å². The zero-order valence-electron chi connectivity index (χ0n) is 7.08. The van der Waals surface area contributed by atoms with Gasteiger partial charge < -0.3 is 4.90 Å². The predicted molar refractivity (Wildman–Crippen MR) is 51.6 cm³/mol. The molecular formula is C8H14N2OS. The van der Waals surface area contributed by atoms with Crippen LogP contribution in [0.15, 0.2) is 12.0 Å². The van der Waals surface area contributed by atoms with Crippen molar-refractivity contribution in [2.75, 3.05) is 19.6 Å². The van der Waals surface area contributed by atoms with Crippen molar-refractivity contribution in [1.29, 1.82) is 0 Å². The summed E-state index contributed by atoms with van der Waals surface area (Å²) in [5.41, 5.74) is 0. The Bertz CT molecular complexity index is 166. The SMILES string of the molecule is C=CSNCC(=O)N1CCCC1. The van der Waals surface area contributed by atoms with Gasteiger partial charge in [-0.15, -0.1) is 0 Å². The molecule has 0 spiro atoms. The molecule has 1 aliphatic rings. The van der Waals surface area contributed by atoms with E-state index in [0.29, 0.717) is 6.54 Å². The molecule has 0 saturated carbocycles. The summed E-state index contributed by atoms with van der Waals surface area (Å²) >= 11 is 1.36. The molecule has 1 rings (SSSR count). The number of amides is 1. The highest BCUT2D eigenvalue weighted by Gasteiger charge is 2.16. The van der Waals surface area contributed by atoms with Crippen LogP contribution in [0.4, 0.5) is 0 Å². The quantitative estimate of drug-likeness (QED) is 0.525. The Kier molecular flexibility index (Phi) is 4.18. The summed E-state index contributed by atoms with van der Waals surface area (Å²) in [5, 5.41) is 1.68. The Balaban J connectivity index is 2.14. The van der Waals surface area contributed by atoms with Gasteiger partial charge in [-0.1, -0.05) is 18.5 Å². The number of carbonyl (C=O) groups is 1. The Labute approximate surface area is 77.3 Å². The van der Waals surface area contributed by atoms with Crippen molar-refractivity contribution in [2.24, 2.45) is 0 Å². The molecule has 1 saturated heterocycles. The maximum absolute atomic E-state index is 11.3. The fourth-order valence-corrected chi connectivity index (χ4v) is 1.57. The average molecular weight is 186 g/mol. The lowest BCUT2D eigenvalue weighted by atomic mass is 10.4. The van der Waals surface area contributed by atoms with Crippen LogP contribution in [0.2, 0.25) is 0 Å². The minimum absolute atomic E-state index is 0.196. The van der Waals surface area contributed by atoms with Crippen molar-refractivity contribution in [3.63, 3.8) is 0 Å². The van der Waals surface area contributed by atoms with Crippen LogP contribution in [-0.4, -0.2) is 30.4 Å². The molecular weight excluding hydrogens is 172 g/mol. The number of nitrogens with one attached hydrogen (secondary N) is 1. The molecule has 1 amide bonds. The van der Waals surface area contributed by atoms with Crippen LogP contribution in [0.1, 0.15) is 12.8 Å². The molecule has 0 aromatic carbocycles. The lowest BCUT2D eigenvalue weighted by Crippen LogP contribution is -2.33. The molecule has 0 atom stereocenters. The Hall–Kier alpha value is -0.480. The van der Waals surface area contributed by atoms with Crippen molar-refractivity contribution < 1.29 is 4.79 Å². The number of rotatable bonds is 4. The molecule has 68 valence electrons. The van der Waals surface area contributed by atoms with Gasteiger partial charge in [0.25, 0.3) is 0 Å². The first-order chi connectivity index (χ1) is 5.84. The summed E-state index contributed by atoms with van der Waals surface area (Å²) in [7, 11) is 0. The van der Waals surface area contributed by atoms with Gasteiger partial charge in [0.05, 0.1) is 6.54 Å². The van der Waals surface area contributed by atoms with Crippen LogP contribution < -0.4 is 4.72 Å². The first-order valence-corrected chi connectivity index (χ1v) is 5.00. The minimum atomic E-state index is 0.196. The fraction of sp³-hybridized carbons (Fsp3) is 0.625. The van der Waals surface area contributed by atoms with E-state index < -0.39 is 0 Å². The van der Waals surface area contributed by atoms with Gasteiger partial charge >= 0.3 is 0 Å². The number of hydrogen-bond acceptors (Lipinski definition) is 3. The van der Waals surface area contributed by atoms with Gasteiger partial charge in [-0.3, -0.25) is 9.52 Å². The first-order valence-electron chi connectivity index (χ1n) is 4.12. The Morgan fingerprint density at radius 3 is 2.83 bits per heavy atom. The summed E-state index contributed by atoms with van der Waals surface area (Å²) < 4.78 is 2.92. The molecule has 0 aromatic rings. The molecule has 0 aromatic heterocycles. The van der Waals surface area contributed by atoms with E-state index in [1.165, 1.54) is 11.9 Å². The van der Waals surface area contributed by atoms with E-state index in [0.717, 1.165) is 25.9 Å². The van der Waals surface area contributed by atoms with Crippen LogP contribution in [0.5, 0.6) is 0 Å². The number of hydrogen-bond donors (Lipinski definition) is 1. The van der Waals surface area contributed by atoms with Crippen molar-refractivity contribution in [3.8, 4) is 0 Å². The van der Waals surface area contributed by atoms with Crippen molar-refractivity contribution >= 4 is 17.9 Å². The molecule has 3 nitrogen and oxygen atoms in total. The molecule has 0 radical (unpaired) electrons. The highest BCUT2D eigenvalue weighted by Crippen LogP contribution is 2.07. The monoisotopic (exact) mass is 186 g/mol. The number of carbonyl (C=O) groups excluding carboxylic acids is 1. The fourth-order valence-electron chi connectivity index (χ4n) is 1.24. The third-order valence-electron chi connectivity index (χ3n) is 1.85. The Morgan fingerprint density at radius 1 is 1.58 bits per heavy atom. The summed E-state index contributed by atoms with van der Waals surface area (Å²) in [6.07, 6.45) is 2.31. The van der Waals surface area contributed by atoms with Gasteiger partial charge in [-0.2, -0.15) is 0 Å². The van der Waals surface area contributed by atoms with Gasteiger partial charge in [0.2, 0.25) is 5.91 Å². The molecule has 12 heavy (non-hydrogen) atoms. The molecule has 0 unspecified atom stereocenters. The zero-order valence-corrected chi connectivity index (χ0v) is 7.90. The van der Waals surface area contributed by atoms with E-state index in [9.17, 15) is 4.79 Å². The van der Waals surface area contributed by atoms with Crippen LogP contribution in [-0.2, 0) is 4.79 Å². The number of nitrogens with zero attached hydrogens (tertiary/aromatic N) is 1. The summed E-state index contributed by atoms with van der Waals surface area (Å²) in [6, 6.07) is 0. The molecule has 0 bridgehead atoms. The molecule has 1 aliphatic heterocycles. The van der Waals surface area contributed by atoms with E-state index in [1.54, 1.807) is 5.41 Å². The van der Waals surface area contributed by atoms with Gasteiger partial charge in [0.1, 0.15) is 0 Å². The smallest absolute Gasteiger partial charge is 0.237 e. The topological polar surface area (TPSA) is 32.3 Å². The van der Waals surface area contributed by atoms with Crippen LogP contribution in [0.25, 0.3) is 0 Å². The normalized spacial score (nSPS) is 16.5. The maximum atomic E-state index is 11.3. The molecule has 1 heterocycles. The lowest BCUT2D eigenvalue weighted by molar-refractivity contribution is -0.128. The largest absolute Gasteiger partial charge is 0.342 e. The highest BCUT2D eigenvalue weighted by atomic mass is 32.2. The Morgan fingerprint density at radius 2 is 2.25 bits per heavy atom. The predicted octanol–water partition coefficient (Wildman–Crippen LogP) is 0.990. The summed E-state index contributed by atoms with van der Waals surface area (Å²) in [4.78, 5) is 13.2.